The molecule has 0 amide bonds. The number of fused-ring (bicyclic) bond motifs is 9. The third-order valence-electron chi connectivity index (χ3n) is 12.1. The minimum Gasteiger partial charge on any atom is -0.455 e. The average Bonchev–Trinajstić information content (AvgIpc) is 4.05. The Kier molecular flexibility index (Phi) is 8.22. The van der Waals surface area contributed by atoms with Crippen LogP contribution in [0, 0.1) is 0 Å². The van der Waals surface area contributed by atoms with Gasteiger partial charge in [-0.3, -0.25) is 0 Å². The molecule has 0 aliphatic carbocycles. The summed E-state index contributed by atoms with van der Waals surface area (Å²) in [7, 11) is 0. The summed E-state index contributed by atoms with van der Waals surface area (Å²) < 4.78 is 12.1. The van der Waals surface area contributed by atoms with E-state index in [0.29, 0.717) is 17.5 Å². The molecule has 4 heterocycles. The number of aromatic nitrogens is 3. The van der Waals surface area contributed by atoms with Crippen LogP contribution in [0.5, 0.6) is 0 Å². The van der Waals surface area contributed by atoms with Crippen LogP contribution >= 0.6 is 22.7 Å². The van der Waals surface area contributed by atoms with Crippen LogP contribution in [0.25, 0.3) is 130 Å². The molecular formula is C57H33N3OS2. The second kappa shape index (κ2) is 14.4. The lowest BCUT2D eigenvalue weighted by Gasteiger charge is -2.11. The van der Waals surface area contributed by atoms with Gasteiger partial charge in [0, 0.05) is 73.4 Å². The zero-order valence-electron chi connectivity index (χ0n) is 33.6. The van der Waals surface area contributed by atoms with Crippen LogP contribution in [0.1, 0.15) is 0 Å². The predicted octanol–water partition coefficient (Wildman–Crippen LogP) is 16.5. The van der Waals surface area contributed by atoms with Gasteiger partial charge in [0.15, 0.2) is 17.5 Å². The molecule has 13 rings (SSSR count). The lowest BCUT2D eigenvalue weighted by Crippen LogP contribution is -2.00. The number of thiophene rings is 2. The van der Waals surface area contributed by atoms with E-state index in [4.69, 9.17) is 19.4 Å². The molecule has 63 heavy (non-hydrogen) atoms. The van der Waals surface area contributed by atoms with Gasteiger partial charge in [0.25, 0.3) is 0 Å². The molecule has 0 aliphatic rings. The number of benzene rings is 9. The fraction of sp³-hybridized carbons (Fsp3) is 0. The Labute approximate surface area is 370 Å². The van der Waals surface area contributed by atoms with Gasteiger partial charge in [0.1, 0.15) is 11.2 Å². The monoisotopic (exact) mass is 839 g/mol. The van der Waals surface area contributed by atoms with Crippen LogP contribution in [-0.2, 0) is 0 Å². The van der Waals surface area contributed by atoms with Crippen molar-refractivity contribution in [3.05, 3.63) is 200 Å². The van der Waals surface area contributed by atoms with E-state index in [1.807, 2.05) is 53.0 Å². The van der Waals surface area contributed by atoms with E-state index in [0.717, 1.165) is 72.0 Å². The van der Waals surface area contributed by atoms with E-state index < -0.39 is 0 Å². The molecule has 4 aromatic heterocycles. The molecule has 0 radical (unpaired) electrons. The van der Waals surface area contributed by atoms with Crippen molar-refractivity contribution < 1.29 is 4.42 Å². The molecule has 9 aromatic carbocycles. The van der Waals surface area contributed by atoms with E-state index in [1.165, 1.54) is 40.3 Å². The summed E-state index contributed by atoms with van der Waals surface area (Å²) in [5.41, 5.74) is 11.0. The molecule has 0 saturated carbocycles. The standard InChI is InChI=1S/C57H33N3OS2/c1-3-13-34(14-4-1)36-17-11-18-39(29-36)56-58-55(35-15-5-2-6-16-35)59-57(60-56)43-21-12-22-48-53(43)47-33-40(37-25-27-51-45(30-37)41-19-7-9-23-49(41)62-51)32-44(54(47)61-48)38-26-28-52-46(31-38)42-20-8-10-24-50(42)63-52/h1-33H. The minimum atomic E-state index is 0.585. The zero-order chi connectivity index (χ0) is 41.4. The smallest absolute Gasteiger partial charge is 0.164 e. The first-order valence-electron chi connectivity index (χ1n) is 21.0. The second-order valence-corrected chi connectivity index (χ2v) is 18.1. The van der Waals surface area contributed by atoms with Crippen molar-refractivity contribution in [3.8, 4) is 67.5 Å². The number of hydrogen-bond acceptors (Lipinski definition) is 6. The topological polar surface area (TPSA) is 51.8 Å². The SMILES string of the molecule is c1ccc(-c2cccc(-c3nc(-c4ccccc4)nc(-c4cccc5oc6c(-c7ccc8sc9ccccc9c8c7)cc(-c7ccc8sc9ccccc9c8c7)cc6c45)n3)c2)cc1. The van der Waals surface area contributed by atoms with Crippen LogP contribution in [0.15, 0.2) is 205 Å². The Morgan fingerprint density at radius 1 is 0.302 bits per heavy atom. The van der Waals surface area contributed by atoms with Crippen molar-refractivity contribution in [2.75, 3.05) is 0 Å². The van der Waals surface area contributed by atoms with Crippen molar-refractivity contribution in [1.29, 1.82) is 0 Å². The van der Waals surface area contributed by atoms with Crippen LogP contribution < -0.4 is 0 Å². The Morgan fingerprint density at radius 3 is 1.56 bits per heavy atom. The highest BCUT2D eigenvalue weighted by molar-refractivity contribution is 7.26. The number of nitrogens with zero attached hydrogens (tertiary/aromatic N) is 3. The van der Waals surface area contributed by atoms with Gasteiger partial charge in [0.2, 0.25) is 0 Å². The highest BCUT2D eigenvalue weighted by atomic mass is 32.1. The Morgan fingerprint density at radius 2 is 0.825 bits per heavy atom. The largest absolute Gasteiger partial charge is 0.455 e. The van der Waals surface area contributed by atoms with E-state index in [-0.39, 0.29) is 0 Å². The maximum atomic E-state index is 7.02. The first kappa shape index (κ1) is 35.9. The molecule has 0 atom stereocenters. The molecule has 0 saturated heterocycles. The minimum absolute atomic E-state index is 0.585. The third-order valence-corrected chi connectivity index (χ3v) is 14.4. The van der Waals surface area contributed by atoms with Crippen LogP contribution in [-0.4, -0.2) is 15.0 Å². The van der Waals surface area contributed by atoms with Crippen molar-refractivity contribution in [2.45, 2.75) is 0 Å². The predicted molar refractivity (Wildman–Crippen MR) is 265 cm³/mol. The summed E-state index contributed by atoms with van der Waals surface area (Å²) in [6.45, 7) is 0. The number of rotatable bonds is 6. The molecule has 0 unspecified atom stereocenters. The van der Waals surface area contributed by atoms with Gasteiger partial charge in [0.05, 0.1) is 0 Å². The third kappa shape index (κ3) is 6.06. The summed E-state index contributed by atoms with van der Waals surface area (Å²) in [6, 6.07) is 70.9. The van der Waals surface area contributed by atoms with Gasteiger partial charge >= 0.3 is 0 Å². The number of hydrogen-bond donors (Lipinski definition) is 0. The highest BCUT2D eigenvalue weighted by Crippen LogP contribution is 2.45. The summed E-state index contributed by atoms with van der Waals surface area (Å²) in [6.07, 6.45) is 0. The van der Waals surface area contributed by atoms with Gasteiger partial charge in [-0.25, -0.2) is 15.0 Å². The van der Waals surface area contributed by atoms with E-state index in [2.05, 4.69) is 170 Å². The molecule has 0 aliphatic heterocycles. The van der Waals surface area contributed by atoms with Crippen LogP contribution in [0.4, 0.5) is 0 Å². The zero-order valence-corrected chi connectivity index (χ0v) is 35.3. The molecule has 0 bridgehead atoms. The Hall–Kier alpha value is -7.77. The molecule has 0 N–H and O–H groups in total. The molecule has 0 fully saturated rings. The van der Waals surface area contributed by atoms with Gasteiger partial charge in [-0.1, -0.05) is 140 Å². The molecule has 294 valence electrons. The normalized spacial score (nSPS) is 11.8. The lowest BCUT2D eigenvalue weighted by atomic mass is 9.93. The molecular weight excluding hydrogens is 807 g/mol. The quantitative estimate of drug-likeness (QED) is 0.167. The van der Waals surface area contributed by atoms with Crippen molar-refractivity contribution >= 4 is 85.0 Å². The first-order chi connectivity index (χ1) is 31.2. The number of furan rings is 1. The summed E-state index contributed by atoms with van der Waals surface area (Å²) in [5, 5.41) is 7.03. The highest BCUT2D eigenvalue weighted by Gasteiger charge is 2.22. The second-order valence-electron chi connectivity index (χ2n) is 15.9. The summed E-state index contributed by atoms with van der Waals surface area (Å²) in [4.78, 5) is 15.6. The first-order valence-corrected chi connectivity index (χ1v) is 22.6. The Balaban J connectivity index is 1.07. The van der Waals surface area contributed by atoms with E-state index in [9.17, 15) is 0 Å². The van der Waals surface area contributed by atoms with E-state index >= 15 is 0 Å². The van der Waals surface area contributed by atoms with Crippen LogP contribution in [0.3, 0.4) is 0 Å². The molecule has 13 aromatic rings. The molecule has 0 spiro atoms. The van der Waals surface area contributed by atoms with Gasteiger partial charge < -0.3 is 4.42 Å². The fourth-order valence-electron chi connectivity index (χ4n) is 9.11. The maximum Gasteiger partial charge on any atom is 0.164 e. The fourth-order valence-corrected chi connectivity index (χ4v) is 11.3. The van der Waals surface area contributed by atoms with Gasteiger partial charge in [-0.2, -0.15) is 0 Å². The molecule has 4 nitrogen and oxygen atoms in total. The maximum absolute atomic E-state index is 7.02. The van der Waals surface area contributed by atoms with Gasteiger partial charge in [-0.05, 0) is 88.5 Å². The summed E-state index contributed by atoms with van der Waals surface area (Å²) in [5.74, 6) is 1.80. The van der Waals surface area contributed by atoms with E-state index in [1.54, 1.807) is 0 Å². The van der Waals surface area contributed by atoms with Crippen molar-refractivity contribution in [1.82, 2.24) is 15.0 Å². The summed E-state index contributed by atoms with van der Waals surface area (Å²) >= 11 is 3.67. The average molecular weight is 840 g/mol. The van der Waals surface area contributed by atoms with Gasteiger partial charge in [-0.15, -0.1) is 22.7 Å². The van der Waals surface area contributed by atoms with Crippen molar-refractivity contribution in [3.63, 3.8) is 0 Å². The van der Waals surface area contributed by atoms with Crippen molar-refractivity contribution in [2.24, 2.45) is 0 Å². The Bertz CT molecular complexity index is 3920. The van der Waals surface area contributed by atoms with Crippen LogP contribution in [0.2, 0.25) is 0 Å². The lowest BCUT2D eigenvalue weighted by molar-refractivity contribution is 0.670. The molecule has 6 heteroatoms.